The molecule has 2 aliphatic rings. The van der Waals surface area contributed by atoms with Gasteiger partial charge in [0.15, 0.2) is 6.29 Å². The van der Waals surface area contributed by atoms with Crippen LogP contribution in [0.1, 0.15) is 33.6 Å². The van der Waals surface area contributed by atoms with Gasteiger partial charge in [0, 0.05) is 5.92 Å². The maximum absolute atomic E-state index is 10.1. The van der Waals surface area contributed by atoms with E-state index >= 15 is 0 Å². The molecule has 8 atom stereocenters. The van der Waals surface area contributed by atoms with Crippen LogP contribution in [0, 0.1) is 5.92 Å². The van der Waals surface area contributed by atoms with Gasteiger partial charge in [-0.3, -0.25) is 0 Å². The summed E-state index contributed by atoms with van der Waals surface area (Å²) < 4.78 is 17.0. The average molecular weight is 302 g/mol. The summed E-state index contributed by atoms with van der Waals surface area (Å²) in [5, 5.41) is 29.9. The predicted octanol–water partition coefficient (Wildman–Crippen LogP) is 0.548. The van der Waals surface area contributed by atoms with E-state index in [0.29, 0.717) is 6.42 Å². The van der Waals surface area contributed by atoms with Crippen LogP contribution < -0.4 is 0 Å². The van der Waals surface area contributed by atoms with E-state index in [0.717, 1.165) is 6.42 Å². The predicted molar refractivity (Wildman–Crippen MR) is 75.3 cm³/mol. The minimum absolute atomic E-state index is 0.114. The highest BCUT2D eigenvalue weighted by Gasteiger charge is 2.45. The Hall–Kier alpha value is -0.660. The van der Waals surface area contributed by atoms with Crippen LogP contribution >= 0.6 is 0 Å². The summed E-state index contributed by atoms with van der Waals surface area (Å²) in [5.74, 6) is 0.114. The average Bonchev–Trinajstić information content (AvgIpc) is 2.49. The Morgan fingerprint density at radius 2 is 1.67 bits per heavy atom. The van der Waals surface area contributed by atoms with Gasteiger partial charge in [0.1, 0.15) is 30.5 Å². The molecule has 2 rings (SSSR count). The molecule has 2 heterocycles. The van der Waals surface area contributed by atoms with Gasteiger partial charge in [0.2, 0.25) is 0 Å². The van der Waals surface area contributed by atoms with Gasteiger partial charge in [0.25, 0.3) is 0 Å². The van der Waals surface area contributed by atoms with Crippen LogP contribution in [0.2, 0.25) is 0 Å². The third-order valence-corrected chi connectivity index (χ3v) is 4.28. The second-order valence-electron chi connectivity index (χ2n) is 5.79. The molecule has 2 aliphatic heterocycles. The van der Waals surface area contributed by atoms with Crippen molar-refractivity contribution >= 4 is 0 Å². The fourth-order valence-corrected chi connectivity index (χ4v) is 2.86. The van der Waals surface area contributed by atoms with E-state index in [2.05, 4.69) is 0 Å². The first-order chi connectivity index (χ1) is 9.99. The lowest BCUT2D eigenvalue weighted by Gasteiger charge is -2.43. The van der Waals surface area contributed by atoms with E-state index in [9.17, 15) is 15.3 Å². The highest BCUT2D eigenvalue weighted by Crippen LogP contribution is 2.29. The summed E-state index contributed by atoms with van der Waals surface area (Å²) in [4.78, 5) is 0. The standard InChI is InChI=1S/C15H26O6/c1-4-9-11(16)12(17)13(18)15(20-9)21-14-8(3)6-7-19-10(14)5-2/h6-18H,4-5H2,1-3H3/t8?,9?,10?,11-,12?,13?,14-,15-/m0/s1. The molecule has 1 fully saturated rings. The van der Waals surface area contributed by atoms with Crippen molar-refractivity contribution in [3.63, 3.8) is 0 Å². The number of rotatable bonds is 4. The van der Waals surface area contributed by atoms with E-state index in [1.807, 2.05) is 26.8 Å². The maximum Gasteiger partial charge on any atom is 0.187 e. The Kier molecular flexibility index (Phi) is 5.62. The van der Waals surface area contributed by atoms with Crippen molar-refractivity contribution in [2.24, 2.45) is 5.92 Å². The van der Waals surface area contributed by atoms with Gasteiger partial charge in [0.05, 0.1) is 12.4 Å². The topological polar surface area (TPSA) is 88.4 Å². The van der Waals surface area contributed by atoms with Crippen LogP contribution in [-0.2, 0) is 14.2 Å². The second-order valence-corrected chi connectivity index (χ2v) is 5.79. The number of hydrogen-bond acceptors (Lipinski definition) is 6. The first-order valence-corrected chi connectivity index (χ1v) is 7.66. The maximum atomic E-state index is 10.1. The van der Waals surface area contributed by atoms with Crippen LogP contribution in [0.15, 0.2) is 12.3 Å². The van der Waals surface area contributed by atoms with Gasteiger partial charge in [-0.2, -0.15) is 0 Å². The minimum Gasteiger partial charge on any atom is -0.496 e. The monoisotopic (exact) mass is 302 g/mol. The third-order valence-electron chi connectivity index (χ3n) is 4.28. The normalized spacial score (nSPS) is 47.1. The lowest BCUT2D eigenvalue weighted by Crippen LogP contribution is -2.59. The Labute approximate surface area is 125 Å². The van der Waals surface area contributed by atoms with E-state index < -0.39 is 30.7 Å². The number of aliphatic hydroxyl groups is 3. The summed E-state index contributed by atoms with van der Waals surface area (Å²) in [5.41, 5.74) is 0. The lowest BCUT2D eigenvalue weighted by molar-refractivity contribution is -0.317. The Bertz CT molecular complexity index is 358. The minimum atomic E-state index is -1.28. The summed E-state index contributed by atoms with van der Waals surface area (Å²) in [6, 6.07) is 0. The first kappa shape index (κ1) is 16.7. The van der Waals surface area contributed by atoms with E-state index in [1.54, 1.807) is 6.26 Å². The number of ether oxygens (including phenoxy) is 3. The number of aliphatic hydroxyl groups excluding tert-OH is 3. The molecule has 0 aromatic rings. The molecule has 0 spiro atoms. The zero-order valence-corrected chi connectivity index (χ0v) is 12.8. The summed E-state index contributed by atoms with van der Waals surface area (Å²) in [7, 11) is 0. The van der Waals surface area contributed by atoms with Crippen molar-refractivity contribution in [3.8, 4) is 0 Å². The molecule has 0 radical (unpaired) electrons. The molecule has 21 heavy (non-hydrogen) atoms. The second kappa shape index (κ2) is 7.07. The van der Waals surface area contributed by atoms with Gasteiger partial charge in [-0.25, -0.2) is 0 Å². The zero-order valence-electron chi connectivity index (χ0n) is 12.8. The zero-order chi connectivity index (χ0) is 15.6. The van der Waals surface area contributed by atoms with Crippen LogP contribution in [0.25, 0.3) is 0 Å². The van der Waals surface area contributed by atoms with Crippen molar-refractivity contribution in [2.45, 2.75) is 76.5 Å². The molecule has 1 saturated heterocycles. The molecule has 0 aromatic heterocycles. The third kappa shape index (κ3) is 3.40. The highest BCUT2D eigenvalue weighted by atomic mass is 16.7. The van der Waals surface area contributed by atoms with E-state index in [1.165, 1.54) is 0 Å². The van der Waals surface area contributed by atoms with Crippen LogP contribution in [0.3, 0.4) is 0 Å². The molecule has 3 N–H and O–H groups in total. The van der Waals surface area contributed by atoms with Gasteiger partial charge in [-0.05, 0) is 18.9 Å². The van der Waals surface area contributed by atoms with Gasteiger partial charge < -0.3 is 29.5 Å². The van der Waals surface area contributed by atoms with Gasteiger partial charge in [-0.1, -0.05) is 20.8 Å². The van der Waals surface area contributed by atoms with Crippen LogP contribution in [0.5, 0.6) is 0 Å². The Morgan fingerprint density at radius 1 is 1.00 bits per heavy atom. The molecular formula is C15H26O6. The van der Waals surface area contributed by atoms with Crippen LogP contribution in [0.4, 0.5) is 0 Å². The molecular weight excluding hydrogens is 276 g/mol. The molecule has 0 aliphatic carbocycles. The SMILES string of the molecule is CCC1O[C@@H](O[C@H]2C(C)C=COC2CC)C(O)C(O)[C@H]1O. The fourth-order valence-electron chi connectivity index (χ4n) is 2.86. The van der Waals surface area contributed by atoms with Crippen molar-refractivity contribution < 1.29 is 29.5 Å². The lowest BCUT2D eigenvalue weighted by atomic mass is 9.94. The molecule has 6 heteroatoms. The fraction of sp³-hybridized carbons (Fsp3) is 0.867. The number of hydrogen-bond donors (Lipinski definition) is 3. The summed E-state index contributed by atoms with van der Waals surface area (Å²) in [6.07, 6.45) is -0.699. The first-order valence-electron chi connectivity index (χ1n) is 7.66. The quantitative estimate of drug-likeness (QED) is 0.703. The molecule has 0 amide bonds. The Balaban J connectivity index is 2.08. The van der Waals surface area contributed by atoms with Gasteiger partial charge in [-0.15, -0.1) is 0 Å². The van der Waals surface area contributed by atoms with Crippen molar-refractivity contribution in [1.29, 1.82) is 0 Å². The molecule has 5 unspecified atom stereocenters. The Morgan fingerprint density at radius 3 is 2.29 bits per heavy atom. The van der Waals surface area contributed by atoms with Gasteiger partial charge >= 0.3 is 0 Å². The highest BCUT2D eigenvalue weighted by molar-refractivity contribution is 4.96. The van der Waals surface area contributed by atoms with Crippen molar-refractivity contribution in [1.82, 2.24) is 0 Å². The van der Waals surface area contributed by atoms with Crippen molar-refractivity contribution in [3.05, 3.63) is 12.3 Å². The van der Waals surface area contributed by atoms with Crippen molar-refractivity contribution in [2.75, 3.05) is 0 Å². The van der Waals surface area contributed by atoms with Crippen LogP contribution in [-0.4, -0.2) is 58.2 Å². The largest absolute Gasteiger partial charge is 0.496 e. The molecule has 0 bridgehead atoms. The van der Waals surface area contributed by atoms with E-state index in [4.69, 9.17) is 14.2 Å². The summed E-state index contributed by atoms with van der Waals surface area (Å²) in [6.45, 7) is 5.85. The van der Waals surface area contributed by atoms with E-state index in [-0.39, 0.29) is 18.1 Å². The molecule has 0 aromatic carbocycles. The molecule has 0 saturated carbocycles. The smallest absolute Gasteiger partial charge is 0.187 e. The molecule has 122 valence electrons. The molecule has 6 nitrogen and oxygen atoms in total. The summed E-state index contributed by atoms with van der Waals surface area (Å²) >= 11 is 0.